The van der Waals surface area contributed by atoms with Gasteiger partial charge in [0, 0.05) is 11.3 Å². The van der Waals surface area contributed by atoms with Gasteiger partial charge in [0.05, 0.1) is 0 Å². The van der Waals surface area contributed by atoms with Gasteiger partial charge in [-0.1, -0.05) is 53.4 Å². The number of carbonyl (C=O) groups excluding carboxylic acids is 1. The van der Waals surface area contributed by atoms with E-state index in [1.807, 2.05) is 30.3 Å². The third-order valence-electron chi connectivity index (χ3n) is 3.01. The average molecular weight is 363 g/mol. The Labute approximate surface area is 144 Å². The van der Waals surface area contributed by atoms with Crippen molar-refractivity contribution >= 4 is 34.1 Å². The molecule has 3 rings (SSSR count). The highest BCUT2D eigenvalue weighted by Crippen LogP contribution is 2.28. The number of amides is 1. The minimum absolute atomic E-state index is 0.0163. The summed E-state index contributed by atoms with van der Waals surface area (Å²) in [5.74, 6) is -1.89. The monoisotopic (exact) mass is 363 g/mol. The van der Waals surface area contributed by atoms with Crippen LogP contribution < -0.4 is 5.32 Å². The lowest BCUT2D eigenvalue weighted by Gasteiger charge is -2.01. The van der Waals surface area contributed by atoms with Crippen LogP contribution in [0.2, 0.25) is 0 Å². The summed E-state index contributed by atoms with van der Waals surface area (Å²) in [5.41, 5.74) is 1.17. The van der Waals surface area contributed by atoms with Gasteiger partial charge in [0.25, 0.3) is 5.91 Å². The molecule has 0 unspecified atom stereocenters. The molecule has 0 saturated carbocycles. The van der Waals surface area contributed by atoms with Gasteiger partial charge in [-0.05, 0) is 23.8 Å². The number of halogens is 2. The van der Waals surface area contributed by atoms with E-state index in [4.69, 9.17) is 0 Å². The van der Waals surface area contributed by atoms with Crippen molar-refractivity contribution in [2.24, 2.45) is 0 Å². The molecule has 0 fully saturated rings. The van der Waals surface area contributed by atoms with Crippen LogP contribution in [0.25, 0.3) is 0 Å². The van der Waals surface area contributed by atoms with Crippen molar-refractivity contribution in [1.29, 1.82) is 0 Å². The van der Waals surface area contributed by atoms with Crippen molar-refractivity contribution in [3.05, 3.63) is 71.3 Å². The molecule has 8 heteroatoms. The number of nitrogens with zero attached hydrogens (tertiary/aromatic N) is 2. The smallest absolute Gasteiger partial charge is 0.257 e. The number of thioether (sulfide) groups is 1. The third kappa shape index (κ3) is 4.15. The molecule has 0 radical (unpaired) electrons. The summed E-state index contributed by atoms with van der Waals surface area (Å²) in [6.07, 6.45) is 0. The molecule has 0 aliphatic rings. The van der Waals surface area contributed by atoms with Crippen LogP contribution in [0.3, 0.4) is 0 Å². The summed E-state index contributed by atoms with van der Waals surface area (Å²) in [5, 5.41) is 10.7. The maximum absolute atomic E-state index is 13.2. The van der Waals surface area contributed by atoms with Crippen LogP contribution >= 0.6 is 23.1 Å². The van der Waals surface area contributed by atoms with Crippen LogP contribution in [0, 0.1) is 11.6 Å². The normalized spacial score (nSPS) is 10.6. The number of benzene rings is 2. The molecule has 1 heterocycles. The van der Waals surface area contributed by atoms with Crippen LogP contribution in [-0.2, 0) is 5.75 Å². The lowest BCUT2D eigenvalue weighted by atomic mass is 10.2. The van der Waals surface area contributed by atoms with Crippen molar-refractivity contribution in [3.8, 4) is 0 Å². The highest BCUT2D eigenvalue weighted by molar-refractivity contribution is 8.00. The van der Waals surface area contributed by atoms with Crippen molar-refractivity contribution in [2.45, 2.75) is 10.1 Å². The first kappa shape index (κ1) is 16.5. The Kier molecular flexibility index (Phi) is 5.17. The number of rotatable bonds is 5. The second kappa shape index (κ2) is 7.50. The van der Waals surface area contributed by atoms with E-state index in [1.165, 1.54) is 29.2 Å². The Bertz CT molecular complexity index is 856. The molecule has 0 atom stereocenters. The maximum atomic E-state index is 13.2. The molecule has 0 saturated heterocycles. The summed E-state index contributed by atoms with van der Waals surface area (Å²) in [7, 11) is 0. The predicted octanol–water partition coefficient (Wildman–Crippen LogP) is 4.36. The molecular formula is C16H11F2N3OS2. The van der Waals surface area contributed by atoms with E-state index >= 15 is 0 Å². The Morgan fingerprint density at radius 1 is 1.08 bits per heavy atom. The summed E-state index contributed by atoms with van der Waals surface area (Å²) >= 11 is 2.73. The van der Waals surface area contributed by atoms with Crippen LogP contribution in [-0.4, -0.2) is 16.1 Å². The number of nitrogens with one attached hydrogen (secondary N) is 1. The summed E-state index contributed by atoms with van der Waals surface area (Å²) in [6.45, 7) is 0. The maximum Gasteiger partial charge on any atom is 0.257 e. The van der Waals surface area contributed by atoms with Crippen LogP contribution in [0.1, 0.15) is 15.9 Å². The van der Waals surface area contributed by atoms with Crippen LogP contribution in [0.15, 0.2) is 52.9 Å². The Morgan fingerprint density at radius 3 is 2.62 bits per heavy atom. The van der Waals surface area contributed by atoms with Gasteiger partial charge in [0.1, 0.15) is 0 Å². The quantitative estimate of drug-likeness (QED) is 0.540. The lowest BCUT2D eigenvalue weighted by Crippen LogP contribution is -2.12. The lowest BCUT2D eigenvalue weighted by molar-refractivity contribution is 0.102. The molecular weight excluding hydrogens is 352 g/mol. The van der Waals surface area contributed by atoms with E-state index in [9.17, 15) is 13.6 Å². The van der Waals surface area contributed by atoms with E-state index < -0.39 is 17.5 Å². The van der Waals surface area contributed by atoms with Gasteiger partial charge in [0.2, 0.25) is 5.13 Å². The number of carbonyl (C=O) groups is 1. The standard InChI is InChI=1S/C16H11F2N3OS2/c17-12-7-6-11(8-13(12)18)14(22)19-15-20-21-16(24-15)23-9-10-4-2-1-3-5-10/h1-8H,9H2,(H,19,20,22). The number of hydrogen-bond acceptors (Lipinski definition) is 5. The molecule has 0 spiro atoms. The number of aromatic nitrogens is 2. The number of anilines is 1. The first-order chi connectivity index (χ1) is 11.6. The minimum Gasteiger partial charge on any atom is -0.296 e. The van der Waals surface area contributed by atoms with Gasteiger partial charge in [-0.25, -0.2) is 8.78 Å². The summed E-state index contributed by atoms with van der Waals surface area (Å²) in [4.78, 5) is 12.0. The van der Waals surface area contributed by atoms with Gasteiger partial charge in [-0.2, -0.15) is 0 Å². The topological polar surface area (TPSA) is 54.9 Å². The fourth-order valence-electron chi connectivity index (χ4n) is 1.84. The van der Waals surface area contributed by atoms with Crippen molar-refractivity contribution < 1.29 is 13.6 Å². The molecule has 1 aromatic heterocycles. The number of hydrogen-bond donors (Lipinski definition) is 1. The molecule has 0 aliphatic carbocycles. The van der Waals surface area contributed by atoms with Crippen LogP contribution in [0.5, 0.6) is 0 Å². The second-order valence-corrected chi connectivity index (χ2v) is 6.93. The molecule has 3 aromatic rings. The first-order valence-electron chi connectivity index (χ1n) is 6.88. The zero-order valence-corrected chi connectivity index (χ0v) is 13.8. The van der Waals surface area contributed by atoms with E-state index in [1.54, 1.807) is 0 Å². The zero-order chi connectivity index (χ0) is 16.9. The highest BCUT2D eigenvalue weighted by Gasteiger charge is 2.13. The van der Waals surface area contributed by atoms with Gasteiger partial charge in [0.15, 0.2) is 16.0 Å². The highest BCUT2D eigenvalue weighted by atomic mass is 32.2. The largest absolute Gasteiger partial charge is 0.296 e. The van der Waals surface area contributed by atoms with Gasteiger partial charge < -0.3 is 0 Å². The molecule has 122 valence electrons. The minimum atomic E-state index is -1.07. The summed E-state index contributed by atoms with van der Waals surface area (Å²) in [6, 6.07) is 12.9. The van der Waals surface area contributed by atoms with E-state index in [0.717, 1.165) is 23.4 Å². The van der Waals surface area contributed by atoms with Crippen molar-refractivity contribution in [3.63, 3.8) is 0 Å². The second-order valence-electron chi connectivity index (χ2n) is 4.73. The van der Waals surface area contributed by atoms with Crippen LogP contribution in [0.4, 0.5) is 13.9 Å². The Hall–Kier alpha value is -2.32. The SMILES string of the molecule is O=C(Nc1nnc(SCc2ccccc2)s1)c1ccc(F)c(F)c1. The fraction of sp³-hybridized carbons (Fsp3) is 0.0625. The van der Waals surface area contributed by atoms with E-state index in [2.05, 4.69) is 15.5 Å². The molecule has 0 bridgehead atoms. The van der Waals surface area contributed by atoms with Gasteiger partial charge >= 0.3 is 0 Å². The van der Waals surface area contributed by atoms with E-state index in [0.29, 0.717) is 9.47 Å². The molecule has 24 heavy (non-hydrogen) atoms. The fourth-order valence-corrected chi connectivity index (χ4v) is 3.55. The Balaban J connectivity index is 1.61. The van der Waals surface area contributed by atoms with E-state index in [-0.39, 0.29) is 5.56 Å². The predicted molar refractivity (Wildman–Crippen MR) is 90.2 cm³/mol. The average Bonchev–Trinajstić information content (AvgIpc) is 3.04. The van der Waals surface area contributed by atoms with Gasteiger partial charge in [-0.15, -0.1) is 10.2 Å². The zero-order valence-electron chi connectivity index (χ0n) is 12.2. The first-order valence-corrected chi connectivity index (χ1v) is 8.68. The van der Waals surface area contributed by atoms with Crippen molar-refractivity contribution in [1.82, 2.24) is 10.2 Å². The van der Waals surface area contributed by atoms with Gasteiger partial charge in [-0.3, -0.25) is 10.1 Å². The van der Waals surface area contributed by atoms with Crippen molar-refractivity contribution in [2.75, 3.05) is 5.32 Å². The molecule has 1 amide bonds. The summed E-state index contributed by atoms with van der Waals surface area (Å²) < 4.78 is 26.8. The molecule has 4 nitrogen and oxygen atoms in total. The molecule has 1 N–H and O–H groups in total. The molecule has 2 aromatic carbocycles. The third-order valence-corrected chi connectivity index (χ3v) is 5.06. The molecule has 0 aliphatic heterocycles. The Morgan fingerprint density at radius 2 is 1.88 bits per heavy atom.